The monoisotopic (exact) mass is 247 g/mol. The van der Waals surface area contributed by atoms with E-state index in [9.17, 15) is 4.39 Å². The molecule has 1 aromatic carbocycles. The first-order valence-electron chi connectivity index (χ1n) is 6.20. The van der Waals surface area contributed by atoms with E-state index in [0.29, 0.717) is 6.54 Å². The largest absolute Gasteiger partial charge is 0.349 e. The van der Waals surface area contributed by atoms with Crippen molar-refractivity contribution in [2.24, 2.45) is 0 Å². The summed E-state index contributed by atoms with van der Waals surface area (Å²) in [4.78, 5) is 7.24. The van der Waals surface area contributed by atoms with E-state index in [0.717, 1.165) is 36.3 Å². The van der Waals surface area contributed by atoms with Crippen LogP contribution in [0.3, 0.4) is 0 Å². The number of aryl methyl sites for hydroxylation is 2. The fourth-order valence-electron chi connectivity index (χ4n) is 1.87. The Morgan fingerprint density at radius 2 is 2.28 bits per heavy atom. The second kappa shape index (κ2) is 6.31. The van der Waals surface area contributed by atoms with Crippen molar-refractivity contribution in [2.45, 2.75) is 26.3 Å². The van der Waals surface area contributed by atoms with E-state index in [1.165, 1.54) is 6.07 Å². The summed E-state index contributed by atoms with van der Waals surface area (Å²) in [5, 5.41) is 3.32. The van der Waals surface area contributed by atoms with Gasteiger partial charge in [-0.1, -0.05) is 6.07 Å². The number of aromatic amines is 1. The first kappa shape index (κ1) is 12.8. The molecule has 0 radical (unpaired) electrons. The van der Waals surface area contributed by atoms with Gasteiger partial charge < -0.3 is 10.3 Å². The van der Waals surface area contributed by atoms with Crippen LogP contribution in [0.15, 0.2) is 30.6 Å². The Morgan fingerprint density at radius 1 is 1.39 bits per heavy atom. The fraction of sp³-hybridized carbons (Fsp3) is 0.357. The minimum Gasteiger partial charge on any atom is -0.349 e. The van der Waals surface area contributed by atoms with E-state index in [-0.39, 0.29) is 5.82 Å². The van der Waals surface area contributed by atoms with Gasteiger partial charge in [-0.15, -0.1) is 0 Å². The average molecular weight is 247 g/mol. The van der Waals surface area contributed by atoms with Gasteiger partial charge in [0.05, 0.1) is 0 Å². The maximum Gasteiger partial charge on any atom is 0.123 e. The van der Waals surface area contributed by atoms with Crippen LogP contribution < -0.4 is 5.32 Å². The average Bonchev–Trinajstić information content (AvgIpc) is 2.86. The molecule has 2 rings (SSSR count). The molecule has 2 aromatic rings. The summed E-state index contributed by atoms with van der Waals surface area (Å²) in [6.45, 7) is 3.61. The minimum atomic E-state index is -0.173. The number of aromatic nitrogens is 2. The van der Waals surface area contributed by atoms with Gasteiger partial charge in [0.25, 0.3) is 0 Å². The topological polar surface area (TPSA) is 40.7 Å². The van der Waals surface area contributed by atoms with Gasteiger partial charge in [0.15, 0.2) is 0 Å². The Kier molecular flexibility index (Phi) is 4.47. The highest BCUT2D eigenvalue weighted by molar-refractivity contribution is 5.26. The number of benzene rings is 1. The highest BCUT2D eigenvalue weighted by atomic mass is 19.1. The fourth-order valence-corrected chi connectivity index (χ4v) is 1.87. The zero-order valence-corrected chi connectivity index (χ0v) is 10.5. The summed E-state index contributed by atoms with van der Waals surface area (Å²) >= 11 is 0. The molecule has 0 unspecified atom stereocenters. The lowest BCUT2D eigenvalue weighted by molar-refractivity contribution is 0.612. The first-order chi connectivity index (χ1) is 8.75. The van der Waals surface area contributed by atoms with Gasteiger partial charge >= 0.3 is 0 Å². The smallest absolute Gasteiger partial charge is 0.123 e. The van der Waals surface area contributed by atoms with Gasteiger partial charge in [-0.25, -0.2) is 9.37 Å². The van der Waals surface area contributed by atoms with Gasteiger partial charge in [-0.3, -0.25) is 0 Å². The molecule has 0 aliphatic heterocycles. The number of rotatable bonds is 6. The third-order valence-corrected chi connectivity index (χ3v) is 2.95. The molecule has 0 spiro atoms. The number of hydrogen-bond acceptors (Lipinski definition) is 2. The van der Waals surface area contributed by atoms with Gasteiger partial charge in [0.1, 0.15) is 11.6 Å². The van der Waals surface area contributed by atoms with Crippen molar-refractivity contribution in [3.05, 3.63) is 53.4 Å². The number of halogens is 1. The van der Waals surface area contributed by atoms with E-state index >= 15 is 0 Å². The molecule has 0 aliphatic rings. The summed E-state index contributed by atoms with van der Waals surface area (Å²) in [6, 6.07) is 4.90. The molecule has 2 N–H and O–H groups in total. The number of hydrogen-bond donors (Lipinski definition) is 2. The predicted octanol–water partition coefficient (Wildman–Crippen LogP) is 2.58. The summed E-state index contributed by atoms with van der Waals surface area (Å²) in [5.41, 5.74) is 2.14. The van der Waals surface area contributed by atoms with Crippen LogP contribution in [0.2, 0.25) is 0 Å². The molecule has 0 atom stereocenters. The molecule has 0 saturated heterocycles. The van der Waals surface area contributed by atoms with Crippen LogP contribution in [0.1, 0.15) is 23.4 Å². The van der Waals surface area contributed by atoms with Crippen LogP contribution in [0.5, 0.6) is 0 Å². The van der Waals surface area contributed by atoms with E-state index < -0.39 is 0 Å². The van der Waals surface area contributed by atoms with Crippen molar-refractivity contribution < 1.29 is 4.39 Å². The van der Waals surface area contributed by atoms with Crippen LogP contribution in [0, 0.1) is 12.7 Å². The van der Waals surface area contributed by atoms with Crippen molar-refractivity contribution in [1.82, 2.24) is 15.3 Å². The summed E-state index contributed by atoms with van der Waals surface area (Å²) < 4.78 is 13.1. The molecular formula is C14H18FN3. The van der Waals surface area contributed by atoms with E-state index in [1.807, 2.05) is 19.2 Å². The lowest BCUT2D eigenvalue weighted by Crippen LogP contribution is -2.16. The molecular weight excluding hydrogens is 229 g/mol. The molecule has 1 heterocycles. The molecule has 0 fully saturated rings. The molecule has 0 aliphatic carbocycles. The van der Waals surface area contributed by atoms with Crippen molar-refractivity contribution in [2.75, 3.05) is 6.54 Å². The number of nitrogens with one attached hydrogen (secondary N) is 2. The quantitative estimate of drug-likeness (QED) is 0.770. The number of imidazole rings is 1. The maximum absolute atomic E-state index is 13.1. The molecule has 18 heavy (non-hydrogen) atoms. The predicted molar refractivity (Wildman–Crippen MR) is 69.8 cm³/mol. The normalized spacial score (nSPS) is 10.8. The standard InChI is InChI=1S/C14H18FN3/c1-11-4-5-13(15)9-12(11)10-16-6-2-3-14-17-7-8-18-14/h4-5,7-9,16H,2-3,6,10H2,1H3,(H,17,18). The van der Waals surface area contributed by atoms with Crippen molar-refractivity contribution in [3.8, 4) is 0 Å². The molecule has 3 nitrogen and oxygen atoms in total. The molecule has 96 valence electrons. The Hall–Kier alpha value is -1.68. The SMILES string of the molecule is Cc1ccc(F)cc1CNCCCc1ncc[nH]1. The second-order valence-corrected chi connectivity index (χ2v) is 4.39. The van der Waals surface area contributed by atoms with Gasteiger partial charge in [-0.2, -0.15) is 0 Å². The van der Waals surface area contributed by atoms with Crippen LogP contribution >= 0.6 is 0 Å². The van der Waals surface area contributed by atoms with Gasteiger partial charge in [-0.05, 0) is 43.1 Å². The number of H-pyrrole nitrogens is 1. The summed E-state index contributed by atoms with van der Waals surface area (Å²) in [6.07, 6.45) is 5.54. The minimum absolute atomic E-state index is 0.173. The lowest BCUT2D eigenvalue weighted by Gasteiger charge is -2.07. The first-order valence-corrected chi connectivity index (χ1v) is 6.20. The molecule has 0 amide bonds. The van der Waals surface area contributed by atoms with Crippen LogP contribution in [0.4, 0.5) is 4.39 Å². The van der Waals surface area contributed by atoms with E-state index in [4.69, 9.17) is 0 Å². The van der Waals surface area contributed by atoms with E-state index in [1.54, 1.807) is 12.3 Å². The lowest BCUT2D eigenvalue weighted by atomic mass is 10.1. The zero-order chi connectivity index (χ0) is 12.8. The highest BCUT2D eigenvalue weighted by Gasteiger charge is 2.00. The number of nitrogens with zero attached hydrogens (tertiary/aromatic N) is 1. The van der Waals surface area contributed by atoms with Crippen LogP contribution in [-0.2, 0) is 13.0 Å². The van der Waals surface area contributed by atoms with Crippen LogP contribution in [-0.4, -0.2) is 16.5 Å². The Labute approximate surface area is 106 Å². The van der Waals surface area contributed by atoms with Crippen molar-refractivity contribution in [1.29, 1.82) is 0 Å². The molecule has 0 bridgehead atoms. The maximum atomic E-state index is 13.1. The van der Waals surface area contributed by atoms with E-state index in [2.05, 4.69) is 15.3 Å². The molecule has 4 heteroatoms. The van der Waals surface area contributed by atoms with Gasteiger partial charge in [0, 0.05) is 25.4 Å². The zero-order valence-electron chi connectivity index (χ0n) is 10.5. The van der Waals surface area contributed by atoms with Gasteiger partial charge in [0.2, 0.25) is 0 Å². The van der Waals surface area contributed by atoms with Crippen molar-refractivity contribution >= 4 is 0 Å². The third kappa shape index (κ3) is 3.67. The third-order valence-electron chi connectivity index (χ3n) is 2.95. The van der Waals surface area contributed by atoms with Crippen molar-refractivity contribution in [3.63, 3.8) is 0 Å². The Balaban J connectivity index is 1.70. The Bertz CT molecular complexity index is 480. The summed E-state index contributed by atoms with van der Waals surface area (Å²) in [7, 11) is 0. The second-order valence-electron chi connectivity index (χ2n) is 4.39. The Morgan fingerprint density at radius 3 is 3.06 bits per heavy atom. The molecule has 1 aromatic heterocycles. The van der Waals surface area contributed by atoms with Crippen LogP contribution in [0.25, 0.3) is 0 Å². The highest BCUT2D eigenvalue weighted by Crippen LogP contribution is 2.09. The molecule has 0 saturated carbocycles. The summed E-state index contributed by atoms with van der Waals surface area (Å²) in [5.74, 6) is 0.840.